The molecule has 15 heteroatoms. The Morgan fingerprint density at radius 1 is 0.977 bits per heavy atom. The smallest absolute Gasteiger partial charge is 0.411 e. The van der Waals surface area contributed by atoms with E-state index in [4.69, 9.17) is 14.2 Å². The molecular weight excluding hydrogens is 576 g/mol. The molecule has 0 bridgehead atoms. The van der Waals surface area contributed by atoms with Crippen LogP contribution in [-0.2, 0) is 4.74 Å². The van der Waals surface area contributed by atoms with E-state index >= 15 is 0 Å². The van der Waals surface area contributed by atoms with Crippen molar-refractivity contribution in [3.05, 3.63) is 54.5 Å². The van der Waals surface area contributed by atoms with E-state index in [-0.39, 0.29) is 29.0 Å². The number of amides is 1. The number of nitrogens with zero attached hydrogens (tertiary/aromatic N) is 5. The topological polar surface area (TPSA) is 122 Å². The molecule has 3 aromatic heterocycles. The number of anilines is 1. The van der Waals surface area contributed by atoms with Crippen molar-refractivity contribution >= 4 is 17.4 Å². The first-order chi connectivity index (χ1) is 20.0. The number of rotatable bonds is 9. The molecule has 3 heterocycles. The summed E-state index contributed by atoms with van der Waals surface area (Å²) in [7, 11) is 0. The first-order valence-electron chi connectivity index (χ1n) is 13.0. The maximum Gasteiger partial charge on any atom is 0.411 e. The lowest BCUT2D eigenvalue weighted by Gasteiger charge is -2.24. The predicted octanol–water partition coefficient (Wildman–Crippen LogP) is 6.08. The van der Waals surface area contributed by atoms with Crippen molar-refractivity contribution in [3.63, 3.8) is 0 Å². The number of nitrogens with one attached hydrogen (secondary N) is 1. The maximum atomic E-state index is 14.7. The van der Waals surface area contributed by atoms with E-state index < -0.39 is 53.8 Å². The zero-order chi connectivity index (χ0) is 31.6. The van der Waals surface area contributed by atoms with Gasteiger partial charge in [0.25, 0.3) is 0 Å². The fourth-order valence-corrected chi connectivity index (χ4v) is 3.48. The Morgan fingerprint density at radius 3 is 2.37 bits per heavy atom. The van der Waals surface area contributed by atoms with Gasteiger partial charge in [0.1, 0.15) is 28.5 Å². The largest absolute Gasteiger partial charge is 0.483 e. The lowest BCUT2D eigenvalue weighted by Crippen LogP contribution is -2.33. The molecule has 0 aliphatic carbocycles. The van der Waals surface area contributed by atoms with Crippen LogP contribution in [-0.4, -0.2) is 61.0 Å². The summed E-state index contributed by atoms with van der Waals surface area (Å²) >= 11 is 0. The van der Waals surface area contributed by atoms with Crippen LogP contribution in [0.3, 0.4) is 0 Å². The summed E-state index contributed by atoms with van der Waals surface area (Å²) in [5.74, 6) is -5.56. The van der Waals surface area contributed by atoms with Crippen LogP contribution in [0.15, 0.2) is 42.9 Å². The number of aromatic nitrogens is 5. The highest BCUT2D eigenvalue weighted by Gasteiger charge is 2.33. The molecule has 0 aliphatic rings. The number of imidazole rings is 1. The average molecular weight is 607 g/mol. The van der Waals surface area contributed by atoms with Gasteiger partial charge in [-0.05, 0) is 53.7 Å². The monoisotopic (exact) mass is 606 g/mol. The van der Waals surface area contributed by atoms with Gasteiger partial charge in [-0.15, -0.1) is 0 Å². The van der Waals surface area contributed by atoms with Crippen LogP contribution in [0.5, 0.6) is 17.6 Å². The predicted molar refractivity (Wildman–Crippen MR) is 147 cm³/mol. The molecule has 0 fully saturated rings. The zero-order valence-electron chi connectivity index (χ0n) is 24.2. The van der Waals surface area contributed by atoms with E-state index in [9.17, 15) is 22.4 Å². The Kier molecular flexibility index (Phi) is 8.64. The molecule has 0 radical (unpaired) electrons. The van der Waals surface area contributed by atoms with Crippen molar-refractivity contribution in [3.8, 4) is 28.9 Å². The number of ether oxygens (including phenoxy) is 4. The number of benzene rings is 1. The molecule has 230 valence electrons. The number of fused-ring (bicyclic) bond motifs is 1. The van der Waals surface area contributed by atoms with Gasteiger partial charge in [0.2, 0.25) is 5.88 Å². The van der Waals surface area contributed by atoms with Gasteiger partial charge < -0.3 is 18.9 Å². The minimum absolute atomic E-state index is 0.0655. The maximum absolute atomic E-state index is 14.7. The van der Waals surface area contributed by atoms with E-state index in [1.807, 2.05) is 46.9 Å². The molecule has 1 aromatic carbocycles. The number of carbonyl (C=O) groups is 1. The van der Waals surface area contributed by atoms with E-state index in [0.717, 1.165) is 12.1 Å². The highest BCUT2D eigenvalue weighted by molar-refractivity contribution is 5.84. The fraction of sp³-hybridized carbons (Fsp3) is 0.393. The van der Waals surface area contributed by atoms with Crippen molar-refractivity contribution in [2.75, 3.05) is 18.5 Å². The molecule has 0 unspecified atom stereocenters. The standard InChI is InChI=1S/C28H30F4N6O5/c1-26(2,3)42-23-17(13-34-24(36-23)43-27(4,5)6)20-12-21(22-33-9-10-38(22)37-20)40-14-28(31,32)15-41-25(39)35-19-8-7-16(29)11-18(19)30/h7-13H,14-15H2,1-6H3,(H,35,39). The van der Waals surface area contributed by atoms with Gasteiger partial charge in [0, 0.05) is 30.7 Å². The molecule has 1 N–H and O–H groups in total. The highest BCUT2D eigenvalue weighted by Crippen LogP contribution is 2.34. The minimum Gasteiger partial charge on any atom is -0.483 e. The number of halogens is 4. The summed E-state index contributed by atoms with van der Waals surface area (Å²) in [5.41, 5.74) is -0.996. The van der Waals surface area contributed by atoms with Crippen LogP contribution in [0.1, 0.15) is 41.5 Å². The van der Waals surface area contributed by atoms with Crippen molar-refractivity contribution in [1.29, 1.82) is 0 Å². The Morgan fingerprint density at radius 2 is 1.70 bits per heavy atom. The molecule has 0 saturated carbocycles. The summed E-state index contributed by atoms with van der Waals surface area (Å²) in [4.78, 5) is 24.7. The fourth-order valence-electron chi connectivity index (χ4n) is 3.48. The molecule has 0 saturated heterocycles. The first kappa shape index (κ1) is 31.3. The van der Waals surface area contributed by atoms with Crippen LogP contribution >= 0.6 is 0 Å². The van der Waals surface area contributed by atoms with Crippen LogP contribution in [0, 0.1) is 11.6 Å². The van der Waals surface area contributed by atoms with Crippen LogP contribution in [0.4, 0.5) is 28.0 Å². The summed E-state index contributed by atoms with van der Waals surface area (Å²) in [5, 5.41) is 6.41. The molecule has 0 atom stereocenters. The van der Waals surface area contributed by atoms with Crippen molar-refractivity contribution in [2.24, 2.45) is 0 Å². The Labute approximate surface area is 244 Å². The van der Waals surface area contributed by atoms with Crippen molar-refractivity contribution in [2.45, 2.75) is 58.7 Å². The molecule has 11 nitrogen and oxygen atoms in total. The average Bonchev–Trinajstić information content (AvgIpc) is 3.35. The van der Waals surface area contributed by atoms with Gasteiger partial charge in [0.05, 0.1) is 11.3 Å². The second kappa shape index (κ2) is 11.9. The SMILES string of the molecule is CC(C)(C)Oc1ncc(-c2cc(OCC(F)(F)COC(=O)Nc3ccc(F)cc3F)c3nccn3n2)c(OC(C)(C)C)n1. The van der Waals surface area contributed by atoms with Crippen LogP contribution in [0.2, 0.25) is 0 Å². The van der Waals surface area contributed by atoms with Crippen LogP contribution in [0.25, 0.3) is 16.9 Å². The lowest BCUT2D eigenvalue weighted by atomic mass is 10.1. The number of hydrogen-bond acceptors (Lipinski definition) is 9. The molecule has 0 aliphatic heterocycles. The molecule has 1 amide bonds. The van der Waals surface area contributed by atoms with E-state index in [0.29, 0.717) is 11.6 Å². The van der Waals surface area contributed by atoms with E-state index in [2.05, 4.69) is 24.8 Å². The molecule has 0 spiro atoms. The third-order valence-corrected chi connectivity index (χ3v) is 5.15. The zero-order valence-corrected chi connectivity index (χ0v) is 24.2. The first-order valence-corrected chi connectivity index (χ1v) is 13.0. The number of alkyl halides is 2. The molecular formula is C28H30F4N6O5. The van der Waals surface area contributed by atoms with Gasteiger partial charge in [-0.2, -0.15) is 18.9 Å². The normalized spacial score (nSPS) is 12.2. The second-order valence-electron chi connectivity index (χ2n) is 11.4. The third kappa shape index (κ3) is 8.66. The minimum atomic E-state index is -3.67. The van der Waals surface area contributed by atoms with Gasteiger partial charge in [-0.25, -0.2) is 28.1 Å². The Hall–Kier alpha value is -4.69. The summed E-state index contributed by atoms with van der Waals surface area (Å²) < 4.78 is 79.2. The molecule has 4 rings (SSSR count). The third-order valence-electron chi connectivity index (χ3n) is 5.15. The Balaban J connectivity index is 1.53. The van der Waals surface area contributed by atoms with Gasteiger partial charge in [-0.3, -0.25) is 5.32 Å². The van der Waals surface area contributed by atoms with Crippen molar-refractivity contribution in [1.82, 2.24) is 24.6 Å². The summed E-state index contributed by atoms with van der Waals surface area (Å²) in [6.45, 7) is 8.39. The van der Waals surface area contributed by atoms with Gasteiger partial charge in [0.15, 0.2) is 24.6 Å². The van der Waals surface area contributed by atoms with Gasteiger partial charge in [-0.1, -0.05) is 0 Å². The molecule has 4 aromatic rings. The Bertz CT molecular complexity index is 1620. The number of hydrogen-bond donors (Lipinski definition) is 1. The summed E-state index contributed by atoms with van der Waals surface area (Å²) in [6.07, 6.45) is 2.98. The highest BCUT2D eigenvalue weighted by atomic mass is 19.3. The van der Waals surface area contributed by atoms with E-state index in [1.54, 1.807) is 0 Å². The molecule has 43 heavy (non-hydrogen) atoms. The summed E-state index contributed by atoms with van der Waals surface area (Å²) in [6, 6.07) is 3.79. The van der Waals surface area contributed by atoms with Crippen molar-refractivity contribution < 1.29 is 41.3 Å². The second-order valence-corrected chi connectivity index (χ2v) is 11.4. The number of carbonyl (C=O) groups excluding carboxylic acids is 1. The van der Waals surface area contributed by atoms with E-state index in [1.165, 1.54) is 29.2 Å². The van der Waals surface area contributed by atoms with Crippen LogP contribution < -0.4 is 19.5 Å². The quantitative estimate of drug-likeness (QED) is 0.226. The van der Waals surface area contributed by atoms with Gasteiger partial charge >= 0.3 is 18.0 Å². The lowest BCUT2D eigenvalue weighted by molar-refractivity contribution is -0.0811.